The Bertz CT molecular complexity index is 392. The summed E-state index contributed by atoms with van der Waals surface area (Å²) >= 11 is 6.63. The van der Waals surface area contributed by atoms with Gasteiger partial charge in [0.15, 0.2) is 0 Å². The summed E-state index contributed by atoms with van der Waals surface area (Å²) in [6.07, 6.45) is 0. The molecule has 0 aromatic heterocycles. The molecule has 5 heteroatoms. The van der Waals surface area contributed by atoms with E-state index in [4.69, 9.17) is 0 Å². The zero-order valence-corrected chi connectivity index (χ0v) is 12.6. The minimum atomic E-state index is -0.207. The molecule has 3 nitrogen and oxygen atoms in total. The fourth-order valence-electron chi connectivity index (χ4n) is 1.23. The molecule has 0 spiro atoms. The van der Waals surface area contributed by atoms with Crippen LogP contribution in [0.3, 0.4) is 0 Å². The summed E-state index contributed by atoms with van der Waals surface area (Å²) in [5.74, 6) is -0.0544. The molecule has 0 aliphatic carbocycles. The fraction of sp³-hybridized carbons (Fsp3) is 0.364. The van der Waals surface area contributed by atoms with Gasteiger partial charge < -0.3 is 10.2 Å². The van der Waals surface area contributed by atoms with Crippen molar-refractivity contribution in [3.8, 4) is 0 Å². The van der Waals surface area contributed by atoms with E-state index in [1.165, 1.54) is 0 Å². The molecule has 0 fully saturated rings. The maximum atomic E-state index is 11.6. The summed E-state index contributed by atoms with van der Waals surface area (Å²) in [5, 5.41) is 2.87. The van der Waals surface area contributed by atoms with E-state index in [0.717, 1.165) is 15.8 Å². The SMILES string of the molecule is CC(Br)C(=O)Nc1cc(Br)ccc1N(C)C. The van der Waals surface area contributed by atoms with Crippen LogP contribution < -0.4 is 10.2 Å². The number of alkyl halides is 1. The number of benzene rings is 1. The molecule has 1 unspecified atom stereocenters. The van der Waals surface area contributed by atoms with Crippen molar-refractivity contribution >= 4 is 49.1 Å². The van der Waals surface area contributed by atoms with Gasteiger partial charge in [0, 0.05) is 18.6 Å². The molecule has 1 aromatic rings. The van der Waals surface area contributed by atoms with Gasteiger partial charge in [-0.2, -0.15) is 0 Å². The highest BCUT2D eigenvalue weighted by Crippen LogP contribution is 2.28. The molecule has 0 aliphatic heterocycles. The van der Waals surface area contributed by atoms with Gasteiger partial charge in [0.2, 0.25) is 5.91 Å². The zero-order valence-electron chi connectivity index (χ0n) is 9.42. The van der Waals surface area contributed by atoms with Crippen molar-refractivity contribution in [2.75, 3.05) is 24.3 Å². The number of hydrogen-bond donors (Lipinski definition) is 1. The minimum absolute atomic E-state index is 0.0544. The molecule has 1 rings (SSSR count). The van der Waals surface area contributed by atoms with E-state index in [-0.39, 0.29) is 10.7 Å². The fourth-order valence-corrected chi connectivity index (χ4v) is 1.71. The van der Waals surface area contributed by atoms with Crippen molar-refractivity contribution in [3.05, 3.63) is 22.7 Å². The Morgan fingerprint density at radius 1 is 1.44 bits per heavy atom. The lowest BCUT2D eigenvalue weighted by atomic mass is 10.2. The number of halogens is 2. The Labute approximate surface area is 112 Å². The smallest absolute Gasteiger partial charge is 0.237 e. The summed E-state index contributed by atoms with van der Waals surface area (Å²) < 4.78 is 0.940. The van der Waals surface area contributed by atoms with Crippen LogP contribution in [0.25, 0.3) is 0 Å². The van der Waals surface area contributed by atoms with E-state index in [9.17, 15) is 4.79 Å². The third-order valence-corrected chi connectivity index (χ3v) is 2.97. The van der Waals surface area contributed by atoms with Crippen LogP contribution in [-0.2, 0) is 4.79 Å². The maximum absolute atomic E-state index is 11.6. The van der Waals surface area contributed by atoms with Crippen LogP contribution in [0.2, 0.25) is 0 Å². The van der Waals surface area contributed by atoms with Crippen molar-refractivity contribution in [2.24, 2.45) is 0 Å². The number of carbonyl (C=O) groups excluding carboxylic acids is 1. The average Bonchev–Trinajstić information content (AvgIpc) is 2.16. The first-order valence-electron chi connectivity index (χ1n) is 4.83. The van der Waals surface area contributed by atoms with Crippen molar-refractivity contribution in [2.45, 2.75) is 11.8 Å². The van der Waals surface area contributed by atoms with E-state index in [0.29, 0.717) is 0 Å². The molecular formula is C11H14Br2N2O. The molecule has 1 aromatic carbocycles. The van der Waals surface area contributed by atoms with Gasteiger partial charge in [0.05, 0.1) is 16.2 Å². The molecule has 0 saturated carbocycles. The summed E-state index contributed by atoms with van der Waals surface area (Å²) in [5.41, 5.74) is 1.78. The van der Waals surface area contributed by atoms with Crippen molar-refractivity contribution in [1.82, 2.24) is 0 Å². The molecule has 1 amide bonds. The Kier molecular flexibility index (Phi) is 4.80. The van der Waals surface area contributed by atoms with Gasteiger partial charge in [-0.25, -0.2) is 0 Å². The summed E-state index contributed by atoms with van der Waals surface area (Å²) in [6.45, 7) is 1.79. The third kappa shape index (κ3) is 3.49. The lowest BCUT2D eigenvalue weighted by Crippen LogP contribution is -2.22. The second-order valence-corrected chi connectivity index (χ2v) is 5.95. The highest BCUT2D eigenvalue weighted by Gasteiger charge is 2.12. The monoisotopic (exact) mass is 348 g/mol. The second-order valence-electron chi connectivity index (χ2n) is 3.66. The second kappa shape index (κ2) is 5.68. The van der Waals surface area contributed by atoms with Gasteiger partial charge in [-0.3, -0.25) is 4.79 Å². The van der Waals surface area contributed by atoms with Gasteiger partial charge in [0.25, 0.3) is 0 Å². The largest absolute Gasteiger partial charge is 0.376 e. The van der Waals surface area contributed by atoms with Crippen LogP contribution in [0.1, 0.15) is 6.92 Å². The van der Waals surface area contributed by atoms with Crippen molar-refractivity contribution < 1.29 is 4.79 Å². The molecule has 16 heavy (non-hydrogen) atoms. The Hall–Kier alpha value is -0.550. The minimum Gasteiger partial charge on any atom is -0.376 e. The van der Waals surface area contributed by atoms with E-state index in [1.807, 2.05) is 37.2 Å². The van der Waals surface area contributed by atoms with Crippen LogP contribution in [0.5, 0.6) is 0 Å². The Morgan fingerprint density at radius 2 is 2.06 bits per heavy atom. The first-order chi connectivity index (χ1) is 7.41. The average molecular weight is 350 g/mol. The van der Waals surface area contributed by atoms with Gasteiger partial charge >= 0.3 is 0 Å². The van der Waals surface area contributed by atoms with Crippen molar-refractivity contribution in [3.63, 3.8) is 0 Å². The lowest BCUT2D eigenvalue weighted by Gasteiger charge is -2.18. The van der Waals surface area contributed by atoms with E-state index in [1.54, 1.807) is 6.92 Å². The topological polar surface area (TPSA) is 32.3 Å². The van der Waals surface area contributed by atoms with E-state index >= 15 is 0 Å². The first-order valence-corrected chi connectivity index (χ1v) is 6.54. The number of nitrogens with zero attached hydrogens (tertiary/aromatic N) is 1. The molecule has 1 atom stereocenters. The van der Waals surface area contributed by atoms with Crippen LogP contribution >= 0.6 is 31.9 Å². The van der Waals surface area contributed by atoms with Gasteiger partial charge in [0.1, 0.15) is 0 Å². The zero-order chi connectivity index (χ0) is 12.3. The van der Waals surface area contributed by atoms with Crippen LogP contribution in [-0.4, -0.2) is 24.8 Å². The highest BCUT2D eigenvalue weighted by molar-refractivity contribution is 9.10. The van der Waals surface area contributed by atoms with Gasteiger partial charge in [-0.15, -0.1) is 0 Å². The molecule has 0 radical (unpaired) electrons. The van der Waals surface area contributed by atoms with E-state index < -0.39 is 0 Å². The molecule has 0 heterocycles. The van der Waals surface area contributed by atoms with Crippen LogP contribution in [0, 0.1) is 0 Å². The summed E-state index contributed by atoms with van der Waals surface area (Å²) in [7, 11) is 3.88. The number of rotatable bonds is 3. The van der Waals surface area contributed by atoms with E-state index in [2.05, 4.69) is 37.2 Å². The predicted molar refractivity (Wildman–Crippen MR) is 75.5 cm³/mol. The molecular weight excluding hydrogens is 336 g/mol. The number of anilines is 2. The Morgan fingerprint density at radius 3 is 2.56 bits per heavy atom. The number of amides is 1. The van der Waals surface area contributed by atoms with Crippen LogP contribution in [0.15, 0.2) is 22.7 Å². The van der Waals surface area contributed by atoms with Gasteiger partial charge in [-0.05, 0) is 25.1 Å². The first kappa shape index (κ1) is 13.5. The molecule has 0 saturated heterocycles. The third-order valence-electron chi connectivity index (χ3n) is 2.06. The number of nitrogens with one attached hydrogen (secondary N) is 1. The number of carbonyl (C=O) groups is 1. The molecule has 1 N–H and O–H groups in total. The Balaban J connectivity index is 3.01. The normalized spacial score (nSPS) is 12.1. The predicted octanol–water partition coefficient (Wildman–Crippen LogP) is 3.24. The quantitative estimate of drug-likeness (QED) is 0.849. The lowest BCUT2D eigenvalue weighted by molar-refractivity contribution is -0.115. The van der Waals surface area contributed by atoms with Gasteiger partial charge in [-0.1, -0.05) is 31.9 Å². The summed E-state index contributed by atoms with van der Waals surface area (Å²) in [6, 6.07) is 5.80. The molecule has 0 bridgehead atoms. The molecule has 88 valence electrons. The summed E-state index contributed by atoms with van der Waals surface area (Å²) in [4.78, 5) is 13.4. The molecule has 0 aliphatic rings. The van der Waals surface area contributed by atoms with Crippen molar-refractivity contribution in [1.29, 1.82) is 0 Å². The maximum Gasteiger partial charge on any atom is 0.237 e. The standard InChI is InChI=1S/C11H14Br2N2O/c1-7(12)11(16)14-9-6-8(13)4-5-10(9)15(2)3/h4-7H,1-3H3,(H,14,16). The van der Waals surface area contributed by atoms with Crippen LogP contribution in [0.4, 0.5) is 11.4 Å². The highest BCUT2D eigenvalue weighted by atomic mass is 79.9. The number of hydrogen-bond acceptors (Lipinski definition) is 2.